The van der Waals surface area contributed by atoms with Crippen LogP contribution in [-0.4, -0.2) is 26.3 Å². The smallest absolute Gasteiger partial charge is 0.265 e. The van der Waals surface area contributed by atoms with Crippen LogP contribution in [0.15, 0.2) is 77.7 Å². The van der Waals surface area contributed by atoms with Crippen LogP contribution in [0, 0.1) is 5.41 Å². The van der Waals surface area contributed by atoms with Crippen molar-refractivity contribution in [3.05, 3.63) is 78.4 Å². The van der Waals surface area contributed by atoms with Crippen molar-refractivity contribution >= 4 is 27.5 Å². The number of sulfonamides is 1. The molecule has 0 aliphatic rings. The molecule has 1 atom stereocenters. The van der Waals surface area contributed by atoms with Gasteiger partial charge in [-0.1, -0.05) is 49.7 Å². The van der Waals surface area contributed by atoms with E-state index in [0.717, 1.165) is 12.0 Å². The first-order valence-electron chi connectivity index (χ1n) is 10.3. The molecule has 1 amide bonds. The standard InChI is InChI=1S/C24H26N4O4S/c1-2-5-22(32-20-8-3-7-18(14-20)23(25)26)24(29)28-19-12-10-16(11-13-19)17-6-4-9-21(15-17)33(27,30)31/h3-4,6-15,22H,2,5H2,1H3,(H3,25,26)(H,28,29)(H2,27,30,31). The minimum atomic E-state index is -3.80. The maximum absolute atomic E-state index is 12.9. The molecule has 0 aromatic heterocycles. The fourth-order valence-corrected chi connectivity index (χ4v) is 3.79. The Hall–Kier alpha value is -3.69. The fraction of sp³-hybridized carbons (Fsp3) is 0.167. The molecule has 0 spiro atoms. The summed E-state index contributed by atoms with van der Waals surface area (Å²) in [5, 5.41) is 15.6. The number of anilines is 1. The van der Waals surface area contributed by atoms with Crippen LogP contribution in [0.2, 0.25) is 0 Å². The van der Waals surface area contributed by atoms with Crippen molar-refractivity contribution in [1.29, 1.82) is 5.41 Å². The van der Waals surface area contributed by atoms with E-state index in [1.807, 2.05) is 6.92 Å². The van der Waals surface area contributed by atoms with E-state index < -0.39 is 16.1 Å². The van der Waals surface area contributed by atoms with Crippen LogP contribution < -0.4 is 20.9 Å². The number of hydrogen-bond acceptors (Lipinski definition) is 5. The molecule has 0 saturated heterocycles. The molecule has 3 aromatic rings. The lowest BCUT2D eigenvalue weighted by molar-refractivity contribution is -0.123. The highest BCUT2D eigenvalue weighted by atomic mass is 32.2. The number of nitrogen functional groups attached to an aromatic ring is 1. The van der Waals surface area contributed by atoms with Gasteiger partial charge in [0.05, 0.1) is 4.90 Å². The topological polar surface area (TPSA) is 148 Å². The number of carbonyl (C=O) groups excluding carboxylic acids is 1. The Morgan fingerprint density at radius 1 is 1.03 bits per heavy atom. The molecule has 0 saturated carbocycles. The minimum Gasteiger partial charge on any atom is -0.481 e. The molecule has 0 fully saturated rings. The van der Waals surface area contributed by atoms with Crippen LogP contribution in [-0.2, 0) is 14.8 Å². The van der Waals surface area contributed by atoms with Crippen LogP contribution in [0.4, 0.5) is 5.69 Å². The lowest BCUT2D eigenvalue weighted by atomic mass is 10.1. The number of ether oxygens (including phenoxy) is 1. The van der Waals surface area contributed by atoms with Crippen molar-refractivity contribution < 1.29 is 17.9 Å². The molecule has 1 unspecified atom stereocenters. The quantitative estimate of drug-likeness (QED) is 0.281. The summed E-state index contributed by atoms with van der Waals surface area (Å²) in [5.74, 6) is 0.0852. The summed E-state index contributed by atoms with van der Waals surface area (Å²) in [7, 11) is -3.80. The molecule has 3 rings (SSSR count). The third-order valence-corrected chi connectivity index (χ3v) is 5.83. The highest BCUT2D eigenvalue weighted by Crippen LogP contribution is 2.24. The van der Waals surface area contributed by atoms with Gasteiger partial charge in [-0.05, 0) is 53.9 Å². The summed E-state index contributed by atoms with van der Waals surface area (Å²) in [6.07, 6.45) is 0.529. The van der Waals surface area contributed by atoms with Gasteiger partial charge in [0, 0.05) is 11.3 Å². The predicted molar refractivity (Wildman–Crippen MR) is 129 cm³/mol. The third-order valence-electron chi connectivity index (χ3n) is 4.92. The minimum absolute atomic E-state index is 0.0331. The van der Waals surface area contributed by atoms with Gasteiger partial charge in [0.15, 0.2) is 6.10 Å². The van der Waals surface area contributed by atoms with Crippen molar-refractivity contribution in [2.75, 3.05) is 5.32 Å². The summed E-state index contributed by atoms with van der Waals surface area (Å²) in [4.78, 5) is 12.9. The number of amidine groups is 1. The zero-order chi connectivity index (χ0) is 24.0. The Kier molecular flexibility index (Phi) is 7.47. The van der Waals surface area contributed by atoms with Crippen LogP contribution in [0.5, 0.6) is 5.75 Å². The molecule has 8 nitrogen and oxygen atoms in total. The second kappa shape index (κ2) is 10.3. The second-order valence-electron chi connectivity index (χ2n) is 7.48. The Labute approximate surface area is 193 Å². The Balaban J connectivity index is 1.73. The molecule has 9 heteroatoms. The number of nitrogens with two attached hydrogens (primary N) is 2. The first kappa shape index (κ1) is 24.0. The van der Waals surface area contributed by atoms with E-state index in [-0.39, 0.29) is 16.6 Å². The van der Waals surface area contributed by atoms with E-state index in [1.54, 1.807) is 60.7 Å². The largest absolute Gasteiger partial charge is 0.481 e. The van der Waals surface area contributed by atoms with Crippen LogP contribution >= 0.6 is 0 Å². The lowest BCUT2D eigenvalue weighted by Gasteiger charge is -2.19. The summed E-state index contributed by atoms with van der Waals surface area (Å²) < 4.78 is 29.1. The summed E-state index contributed by atoms with van der Waals surface area (Å²) in [6, 6.07) is 20.1. The van der Waals surface area contributed by atoms with E-state index in [0.29, 0.717) is 29.0 Å². The Morgan fingerprint density at radius 3 is 2.36 bits per heavy atom. The van der Waals surface area contributed by atoms with Crippen molar-refractivity contribution in [3.63, 3.8) is 0 Å². The van der Waals surface area contributed by atoms with Gasteiger partial charge in [-0.3, -0.25) is 10.2 Å². The van der Waals surface area contributed by atoms with Crippen LogP contribution in [0.3, 0.4) is 0 Å². The number of primary sulfonamides is 1. The zero-order valence-corrected chi connectivity index (χ0v) is 18.9. The zero-order valence-electron chi connectivity index (χ0n) is 18.1. The van der Waals surface area contributed by atoms with E-state index in [2.05, 4.69) is 5.32 Å². The van der Waals surface area contributed by atoms with Gasteiger partial charge in [0.25, 0.3) is 5.91 Å². The van der Waals surface area contributed by atoms with Crippen LogP contribution in [0.1, 0.15) is 25.3 Å². The van der Waals surface area contributed by atoms with Crippen molar-refractivity contribution in [3.8, 4) is 16.9 Å². The SMILES string of the molecule is CCCC(Oc1cccc(C(=N)N)c1)C(=O)Nc1ccc(-c2cccc(S(N)(=O)=O)c2)cc1. The van der Waals surface area contributed by atoms with Gasteiger partial charge in [0.2, 0.25) is 10.0 Å². The van der Waals surface area contributed by atoms with E-state index in [1.165, 1.54) is 12.1 Å². The van der Waals surface area contributed by atoms with Gasteiger partial charge in [-0.25, -0.2) is 13.6 Å². The van der Waals surface area contributed by atoms with Crippen LogP contribution in [0.25, 0.3) is 11.1 Å². The van der Waals surface area contributed by atoms with Gasteiger partial charge in [0.1, 0.15) is 11.6 Å². The fourth-order valence-electron chi connectivity index (χ4n) is 3.23. The number of amides is 1. The van der Waals surface area contributed by atoms with Gasteiger partial charge >= 0.3 is 0 Å². The monoisotopic (exact) mass is 466 g/mol. The van der Waals surface area contributed by atoms with Crippen molar-refractivity contribution in [1.82, 2.24) is 0 Å². The molecule has 0 bridgehead atoms. The summed E-state index contributed by atoms with van der Waals surface area (Å²) in [6.45, 7) is 1.96. The normalized spacial score (nSPS) is 12.1. The molecule has 6 N–H and O–H groups in total. The highest BCUT2D eigenvalue weighted by molar-refractivity contribution is 7.89. The average molecular weight is 467 g/mol. The molecular formula is C24H26N4O4S. The number of rotatable bonds is 9. The maximum Gasteiger partial charge on any atom is 0.265 e. The molecule has 172 valence electrons. The molecular weight excluding hydrogens is 440 g/mol. The van der Waals surface area contributed by atoms with Crippen molar-refractivity contribution in [2.45, 2.75) is 30.8 Å². The second-order valence-corrected chi connectivity index (χ2v) is 9.04. The van der Waals surface area contributed by atoms with Crippen molar-refractivity contribution in [2.24, 2.45) is 10.9 Å². The van der Waals surface area contributed by atoms with Gasteiger partial charge in [-0.15, -0.1) is 0 Å². The molecule has 0 radical (unpaired) electrons. The van der Waals surface area contributed by atoms with E-state index >= 15 is 0 Å². The number of hydrogen-bond donors (Lipinski definition) is 4. The molecule has 33 heavy (non-hydrogen) atoms. The third kappa shape index (κ3) is 6.41. The van der Waals surface area contributed by atoms with Gasteiger partial charge < -0.3 is 15.8 Å². The molecule has 0 heterocycles. The van der Waals surface area contributed by atoms with E-state index in [9.17, 15) is 13.2 Å². The number of carbonyl (C=O) groups is 1. The Bertz CT molecular complexity index is 1260. The first-order chi connectivity index (χ1) is 15.7. The first-order valence-corrected chi connectivity index (χ1v) is 11.9. The molecule has 0 aliphatic heterocycles. The van der Waals surface area contributed by atoms with Gasteiger partial charge in [-0.2, -0.15) is 0 Å². The summed E-state index contributed by atoms with van der Waals surface area (Å²) in [5.41, 5.74) is 8.10. The highest BCUT2D eigenvalue weighted by Gasteiger charge is 2.20. The Morgan fingerprint density at radius 2 is 1.73 bits per heavy atom. The molecule has 3 aromatic carbocycles. The average Bonchev–Trinajstić information content (AvgIpc) is 2.79. The van der Waals surface area contributed by atoms with E-state index in [4.69, 9.17) is 21.0 Å². The number of benzene rings is 3. The summed E-state index contributed by atoms with van der Waals surface area (Å²) >= 11 is 0. The maximum atomic E-state index is 12.9. The molecule has 0 aliphatic carbocycles. The lowest BCUT2D eigenvalue weighted by Crippen LogP contribution is -2.33. The predicted octanol–water partition coefficient (Wildman–Crippen LogP) is 3.47. The number of nitrogens with one attached hydrogen (secondary N) is 2.